The maximum absolute atomic E-state index is 5.51. The van der Waals surface area contributed by atoms with Crippen molar-refractivity contribution in [2.75, 3.05) is 11.9 Å². The van der Waals surface area contributed by atoms with Crippen LogP contribution in [-0.2, 0) is 0 Å². The van der Waals surface area contributed by atoms with Crippen molar-refractivity contribution >= 4 is 21.6 Å². The van der Waals surface area contributed by atoms with Crippen LogP contribution in [-0.4, -0.2) is 12.6 Å². The van der Waals surface area contributed by atoms with Crippen molar-refractivity contribution in [3.05, 3.63) is 22.7 Å². The van der Waals surface area contributed by atoms with E-state index in [0.29, 0.717) is 12.6 Å². The standard InChI is InChI=1S/C11H16BrNO/c1-4-14-11-6-5-9(12)7-10(11)13-8(2)3/h5-8,13H,4H2,1-3H3. The van der Waals surface area contributed by atoms with E-state index < -0.39 is 0 Å². The molecule has 0 fully saturated rings. The van der Waals surface area contributed by atoms with E-state index in [4.69, 9.17) is 4.74 Å². The smallest absolute Gasteiger partial charge is 0.142 e. The molecule has 0 radical (unpaired) electrons. The van der Waals surface area contributed by atoms with E-state index in [1.54, 1.807) is 0 Å². The normalized spacial score (nSPS) is 10.4. The number of benzene rings is 1. The molecule has 0 saturated carbocycles. The van der Waals surface area contributed by atoms with Crippen molar-refractivity contribution in [3.8, 4) is 5.75 Å². The van der Waals surface area contributed by atoms with Crippen molar-refractivity contribution in [3.63, 3.8) is 0 Å². The Balaban J connectivity index is 2.90. The van der Waals surface area contributed by atoms with Crippen molar-refractivity contribution in [2.24, 2.45) is 0 Å². The van der Waals surface area contributed by atoms with Gasteiger partial charge in [0.1, 0.15) is 5.75 Å². The molecule has 0 atom stereocenters. The molecule has 0 unspecified atom stereocenters. The second-order valence-electron chi connectivity index (χ2n) is 3.37. The number of anilines is 1. The molecular formula is C11H16BrNO. The summed E-state index contributed by atoms with van der Waals surface area (Å²) in [5.74, 6) is 0.907. The van der Waals surface area contributed by atoms with Crippen molar-refractivity contribution in [2.45, 2.75) is 26.8 Å². The number of rotatable bonds is 4. The van der Waals surface area contributed by atoms with E-state index in [9.17, 15) is 0 Å². The Hall–Kier alpha value is -0.700. The first-order chi connectivity index (χ1) is 6.63. The molecule has 0 aromatic heterocycles. The van der Waals surface area contributed by atoms with E-state index in [2.05, 4.69) is 35.1 Å². The predicted molar refractivity (Wildman–Crippen MR) is 64.1 cm³/mol. The molecule has 0 bridgehead atoms. The van der Waals surface area contributed by atoms with Crippen LogP contribution in [0.2, 0.25) is 0 Å². The number of hydrogen-bond acceptors (Lipinski definition) is 2. The molecule has 0 heterocycles. The van der Waals surface area contributed by atoms with Gasteiger partial charge in [-0.05, 0) is 39.0 Å². The number of halogens is 1. The zero-order valence-electron chi connectivity index (χ0n) is 8.80. The van der Waals surface area contributed by atoms with Crippen LogP contribution in [0.1, 0.15) is 20.8 Å². The summed E-state index contributed by atoms with van der Waals surface area (Å²) in [5, 5.41) is 3.34. The fourth-order valence-electron chi connectivity index (χ4n) is 1.21. The Morgan fingerprint density at radius 3 is 2.71 bits per heavy atom. The van der Waals surface area contributed by atoms with Gasteiger partial charge in [-0.25, -0.2) is 0 Å². The first-order valence-corrected chi connectivity index (χ1v) is 5.61. The molecule has 0 aliphatic heterocycles. The summed E-state index contributed by atoms with van der Waals surface area (Å²) in [4.78, 5) is 0. The van der Waals surface area contributed by atoms with E-state index in [1.165, 1.54) is 0 Å². The average molecular weight is 258 g/mol. The monoisotopic (exact) mass is 257 g/mol. The minimum absolute atomic E-state index is 0.406. The third kappa shape index (κ3) is 3.22. The highest BCUT2D eigenvalue weighted by Gasteiger charge is 2.04. The highest BCUT2D eigenvalue weighted by atomic mass is 79.9. The molecule has 0 amide bonds. The van der Waals surface area contributed by atoms with Crippen LogP contribution < -0.4 is 10.1 Å². The van der Waals surface area contributed by atoms with E-state index >= 15 is 0 Å². The highest BCUT2D eigenvalue weighted by Crippen LogP contribution is 2.28. The fraction of sp³-hybridized carbons (Fsp3) is 0.455. The van der Waals surface area contributed by atoms with Gasteiger partial charge in [0.15, 0.2) is 0 Å². The molecule has 0 spiro atoms. The van der Waals surface area contributed by atoms with Crippen molar-refractivity contribution in [1.82, 2.24) is 0 Å². The third-order valence-corrected chi connectivity index (χ3v) is 2.18. The van der Waals surface area contributed by atoms with Gasteiger partial charge in [0.25, 0.3) is 0 Å². The molecule has 14 heavy (non-hydrogen) atoms. The summed E-state index contributed by atoms with van der Waals surface area (Å²) in [5.41, 5.74) is 1.04. The fourth-order valence-corrected chi connectivity index (χ4v) is 1.57. The number of ether oxygens (including phenoxy) is 1. The Morgan fingerprint density at radius 2 is 2.14 bits per heavy atom. The molecule has 2 nitrogen and oxygen atoms in total. The van der Waals surface area contributed by atoms with Gasteiger partial charge in [-0.15, -0.1) is 0 Å². The number of hydrogen-bond donors (Lipinski definition) is 1. The lowest BCUT2D eigenvalue weighted by Crippen LogP contribution is -2.11. The molecule has 1 aromatic carbocycles. The van der Waals surface area contributed by atoms with Gasteiger partial charge < -0.3 is 10.1 Å². The van der Waals surface area contributed by atoms with Crippen LogP contribution in [0.3, 0.4) is 0 Å². The first-order valence-electron chi connectivity index (χ1n) is 4.82. The summed E-state index contributed by atoms with van der Waals surface area (Å²) in [6.07, 6.45) is 0. The summed E-state index contributed by atoms with van der Waals surface area (Å²) >= 11 is 3.44. The topological polar surface area (TPSA) is 21.3 Å². The van der Waals surface area contributed by atoms with Crippen LogP contribution in [0.25, 0.3) is 0 Å². The van der Waals surface area contributed by atoms with Gasteiger partial charge in [0.05, 0.1) is 12.3 Å². The SMILES string of the molecule is CCOc1ccc(Br)cc1NC(C)C. The Morgan fingerprint density at radius 1 is 1.43 bits per heavy atom. The van der Waals surface area contributed by atoms with Crippen molar-refractivity contribution in [1.29, 1.82) is 0 Å². The molecule has 0 aliphatic carbocycles. The van der Waals surface area contributed by atoms with Gasteiger partial charge in [-0.2, -0.15) is 0 Å². The molecular weight excluding hydrogens is 242 g/mol. The Labute approximate surface area is 93.8 Å². The summed E-state index contributed by atoms with van der Waals surface area (Å²) in [6.45, 7) is 6.89. The summed E-state index contributed by atoms with van der Waals surface area (Å²) in [6, 6.07) is 6.39. The minimum atomic E-state index is 0.406. The average Bonchev–Trinajstić information content (AvgIpc) is 2.09. The van der Waals surface area contributed by atoms with E-state index in [1.807, 2.05) is 25.1 Å². The predicted octanol–water partition coefficient (Wildman–Crippen LogP) is 3.67. The Kier molecular flexibility index (Phi) is 4.26. The summed E-state index contributed by atoms with van der Waals surface area (Å²) < 4.78 is 6.57. The molecule has 1 aromatic rings. The van der Waals surface area contributed by atoms with Crippen LogP contribution in [0.4, 0.5) is 5.69 Å². The molecule has 3 heteroatoms. The lowest BCUT2D eigenvalue weighted by molar-refractivity contribution is 0.341. The maximum Gasteiger partial charge on any atom is 0.142 e. The zero-order valence-corrected chi connectivity index (χ0v) is 10.4. The quantitative estimate of drug-likeness (QED) is 0.889. The van der Waals surface area contributed by atoms with Gasteiger partial charge in [-0.3, -0.25) is 0 Å². The van der Waals surface area contributed by atoms with E-state index in [0.717, 1.165) is 15.9 Å². The zero-order chi connectivity index (χ0) is 10.6. The maximum atomic E-state index is 5.51. The summed E-state index contributed by atoms with van der Waals surface area (Å²) in [7, 11) is 0. The second-order valence-corrected chi connectivity index (χ2v) is 4.29. The lowest BCUT2D eigenvalue weighted by Gasteiger charge is -2.15. The highest BCUT2D eigenvalue weighted by molar-refractivity contribution is 9.10. The first kappa shape index (κ1) is 11.4. The lowest BCUT2D eigenvalue weighted by atomic mass is 10.2. The molecule has 1 rings (SSSR count). The van der Waals surface area contributed by atoms with E-state index in [-0.39, 0.29) is 0 Å². The molecule has 0 saturated heterocycles. The minimum Gasteiger partial charge on any atom is -0.492 e. The second kappa shape index (κ2) is 5.25. The van der Waals surface area contributed by atoms with Crippen LogP contribution in [0.5, 0.6) is 5.75 Å². The van der Waals surface area contributed by atoms with Gasteiger partial charge in [-0.1, -0.05) is 15.9 Å². The van der Waals surface area contributed by atoms with Gasteiger partial charge in [0, 0.05) is 10.5 Å². The van der Waals surface area contributed by atoms with Gasteiger partial charge in [0.2, 0.25) is 0 Å². The van der Waals surface area contributed by atoms with Crippen LogP contribution >= 0.6 is 15.9 Å². The van der Waals surface area contributed by atoms with Gasteiger partial charge >= 0.3 is 0 Å². The molecule has 1 N–H and O–H groups in total. The largest absolute Gasteiger partial charge is 0.492 e. The van der Waals surface area contributed by atoms with Crippen LogP contribution in [0, 0.1) is 0 Å². The molecule has 0 aliphatic rings. The van der Waals surface area contributed by atoms with Crippen LogP contribution in [0.15, 0.2) is 22.7 Å². The number of nitrogens with one attached hydrogen (secondary N) is 1. The molecule has 78 valence electrons. The van der Waals surface area contributed by atoms with Crippen molar-refractivity contribution < 1.29 is 4.74 Å². The third-order valence-electron chi connectivity index (χ3n) is 1.69. The Bertz CT molecular complexity index is 299.